The van der Waals surface area contributed by atoms with Crippen molar-refractivity contribution in [2.45, 2.75) is 18.2 Å². The quantitative estimate of drug-likeness (QED) is 0.246. The summed E-state index contributed by atoms with van der Waals surface area (Å²) in [7, 11) is -3.85. The lowest BCUT2D eigenvalue weighted by atomic mass is 10.1. The Morgan fingerprint density at radius 1 is 1.05 bits per heavy atom. The van der Waals surface area contributed by atoms with Gasteiger partial charge in [-0.25, -0.2) is 17.8 Å². The van der Waals surface area contributed by atoms with Crippen LogP contribution in [0.5, 0.6) is 5.88 Å². The summed E-state index contributed by atoms with van der Waals surface area (Å²) < 4.78 is 30.4. The molecule has 3 N–H and O–H groups in total. The molecular formula is C25H20Br2N4O5S. The van der Waals surface area contributed by atoms with Crippen LogP contribution in [0.1, 0.15) is 18.1 Å². The van der Waals surface area contributed by atoms with E-state index in [1.54, 1.807) is 36.4 Å². The number of rotatable bonds is 7. The van der Waals surface area contributed by atoms with Crippen LogP contribution in [0.2, 0.25) is 0 Å². The molecule has 0 saturated heterocycles. The molecule has 1 heterocycles. The second-order valence-corrected chi connectivity index (χ2v) is 11.2. The van der Waals surface area contributed by atoms with Crippen molar-refractivity contribution in [2.24, 2.45) is 4.99 Å². The fraction of sp³-hybridized carbons (Fsp3) is 0.0800. The van der Waals surface area contributed by atoms with E-state index in [1.807, 2.05) is 13.0 Å². The Balaban J connectivity index is 1.65. The van der Waals surface area contributed by atoms with Crippen LogP contribution < -0.4 is 16.0 Å². The van der Waals surface area contributed by atoms with Gasteiger partial charge in [-0.2, -0.15) is 0 Å². The van der Waals surface area contributed by atoms with Gasteiger partial charge in [0.05, 0.1) is 22.0 Å². The van der Waals surface area contributed by atoms with Crippen molar-refractivity contribution in [2.75, 3.05) is 4.72 Å². The molecule has 0 spiro atoms. The Bertz CT molecular complexity index is 1730. The predicted octanol–water partition coefficient (Wildman–Crippen LogP) is 4.87. The fourth-order valence-corrected chi connectivity index (χ4v) is 5.54. The average molecular weight is 648 g/mol. The van der Waals surface area contributed by atoms with E-state index in [9.17, 15) is 23.1 Å². The number of nitrogens with one attached hydrogen (secondary N) is 2. The van der Waals surface area contributed by atoms with Crippen LogP contribution in [-0.2, 0) is 16.4 Å². The van der Waals surface area contributed by atoms with Crippen LogP contribution in [0.25, 0.3) is 5.69 Å². The number of hydrogen-bond acceptors (Lipinski definition) is 6. The molecule has 9 nitrogen and oxygen atoms in total. The van der Waals surface area contributed by atoms with Crippen molar-refractivity contribution in [3.05, 3.63) is 108 Å². The zero-order chi connectivity index (χ0) is 26.7. The summed E-state index contributed by atoms with van der Waals surface area (Å²) in [5.41, 5.74) is 0.0942. The number of hydrogen-bond donors (Lipinski definition) is 3. The van der Waals surface area contributed by atoms with Crippen LogP contribution in [0.3, 0.4) is 0 Å². The summed E-state index contributed by atoms with van der Waals surface area (Å²) >= 11 is 6.69. The first kappa shape index (κ1) is 26.6. The first-order valence-corrected chi connectivity index (χ1v) is 14.0. The molecule has 0 aliphatic heterocycles. The normalized spacial score (nSPS) is 11.6. The maximum atomic E-state index is 12.7. The minimum absolute atomic E-state index is 0.0128. The standard InChI is InChI=1S/C25H20Br2N4O5S/c1-2-15-13-16(26)7-12-22(15)31-24(33)19(23(32)29-25(31)34)14-28-17-8-10-18(11-9-17)37(35,36)30-21-6-4-3-5-20(21)27/h3-14,30,33H,2H2,1H3,(H,29,32,34). The molecule has 0 saturated carbocycles. The number of H-pyrrole nitrogens is 1. The Kier molecular flexibility index (Phi) is 7.81. The highest BCUT2D eigenvalue weighted by Gasteiger charge is 2.17. The van der Waals surface area contributed by atoms with E-state index in [-0.39, 0.29) is 10.5 Å². The van der Waals surface area contributed by atoms with Crippen molar-refractivity contribution < 1.29 is 13.5 Å². The predicted molar refractivity (Wildman–Crippen MR) is 150 cm³/mol. The minimum atomic E-state index is -3.85. The summed E-state index contributed by atoms with van der Waals surface area (Å²) in [6, 6.07) is 17.7. The largest absolute Gasteiger partial charge is 0.493 e. The third-order valence-electron chi connectivity index (χ3n) is 5.39. The fourth-order valence-electron chi connectivity index (χ4n) is 3.53. The number of anilines is 1. The van der Waals surface area contributed by atoms with Gasteiger partial charge in [-0.15, -0.1) is 0 Å². The van der Waals surface area contributed by atoms with Gasteiger partial charge in [-0.3, -0.25) is 19.5 Å². The van der Waals surface area contributed by atoms with E-state index in [2.05, 4.69) is 46.6 Å². The van der Waals surface area contributed by atoms with Crippen molar-refractivity contribution in [3.8, 4) is 11.6 Å². The highest BCUT2D eigenvalue weighted by molar-refractivity contribution is 9.10. The molecule has 37 heavy (non-hydrogen) atoms. The Morgan fingerprint density at radius 2 is 1.76 bits per heavy atom. The molecule has 0 aliphatic rings. The van der Waals surface area contributed by atoms with Crippen LogP contribution in [-0.4, -0.2) is 29.3 Å². The zero-order valence-corrected chi connectivity index (χ0v) is 23.3. The monoisotopic (exact) mass is 646 g/mol. The number of para-hydroxylation sites is 1. The molecule has 1 aromatic heterocycles. The van der Waals surface area contributed by atoms with E-state index in [4.69, 9.17) is 0 Å². The number of aromatic amines is 1. The molecule has 0 unspecified atom stereocenters. The number of aromatic nitrogens is 2. The van der Waals surface area contributed by atoms with E-state index in [0.717, 1.165) is 20.8 Å². The molecule has 4 aromatic rings. The van der Waals surface area contributed by atoms with E-state index in [1.165, 1.54) is 24.3 Å². The van der Waals surface area contributed by atoms with Gasteiger partial charge in [-0.1, -0.05) is 35.0 Å². The molecule has 0 fully saturated rings. The number of aryl methyl sites for hydroxylation is 1. The van der Waals surface area contributed by atoms with Crippen LogP contribution in [0.15, 0.2) is 95.2 Å². The first-order chi connectivity index (χ1) is 17.6. The van der Waals surface area contributed by atoms with Gasteiger partial charge >= 0.3 is 5.69 Å². The first-order valence-electron chi connectivity index (χ1n) is 10.9. The van der Waals surface area contributed by atoms with E-state index >= 15 is 0 Å². The molecule has 0 bridgehead atoms. The second-order valence-electron chi connectivity index (χ2n) is 7.80. The van der Waals surface area contributed by atoms with Gasteiger partial charge in [-0.05, 0) is 82.5 Å². The summed E-state index contributed by atoms with van der Waals surface area (Å²) in [5, 5.41) is 10.8. The summed E-state index contributed by atoms with van der Waals surface area (Å²) in [5.74, 6) is -0.564. The van der Waals surface area contributed by atoms with E-state index < -0.39 is 27.2 Å². The second kappa shape index (κ2) is 10.9. The molecule has 12 heteroatoms. The molecular weight excluding hydrogens is 628 g/mol. The number of aromatic hydroxyl groups is 1. The third-order valence-corrected chi connectivity index (χ3v) is 7.96. The highest BCUT2D eigenvalue weighted by Crippen LogP contribution is 2.26. The van der Waals surface area contributed by atoms with Crippen molar-refractivity contribution in [1.29, 1.82) is 0 Å². The zero-order valence-electron chi connectivity index (χ0n) is 19.3. The molecule has 4 rings (SSSR count). The smallest absolute Gasteiger partial charge is 0.335 e. The van der Waals surface area contributed by atoms with Gasteiger partial charge in [0.1, 0.15) is 5.56 Å². The molecule has 0 atom stereocenters. The Hall–Kier alpha value is -3.48. The van der Waals surface area contributed by atoms with Crippen LogP contribution in [0, 0.1) is 0 Å². The minimum Gasteiger partial charge on any atom is -0.493 e. The summed E-state index contributed by atoms with van der Waals surface area (Å²) in [4.78, 5) is 31.4. The number of benzene rings is 3. The number of nitrogens with zero attached hydrogens (tertiary/aromatic N) is 2. The molecule has 0 radical (unpaired) electrons. The molecule has 3 aromatic carbocycles. The van der Waals surface area contributed by atoms with Gasteiger partial charge in [0, 0.05) is 15.2 Å². The molecule has 0 amide bonds. The van der Waals surface area contributed by atoms with Crippen molar-refractivity contribution in [1.82, 2.24) is 9.55 Å². The van der Waals surface area contributed by atoms with Crippen molar-refractivity contribution >= 4 is 59.5 Å². The maximum absolute atomic E-state index is 12.7. The van der Waals surface area contributed by atoms with Gasteiger partial charge in [0.15, 0.2) is 0 Å². The number of halogens is 2. The van der Waals surface area contributed by atoms with Crippen LogP contribution in [0.4, 0.5) is 11.4 Å². The van der Waals surface area contributed by atoms with Gasteiger partial charge < -0.3 is 5.11 Å². The number of sulfonamides is 1. The lowest BCUT2D eigenvalue weighted by molar-refractivity contribution is 0.429. The Morgan fingerprint density at radius 3 is 2.43 bits per heavy atom. The number of aliphatic imine (C=N–C) groups is 1. The van der Waals surface area contributed by atoms with Crippen LogP contribution >= 0.6 is 31.9 Å². The van der Waals surface area contributed by atoms with Gasteiger partial charge in [0.2, 0.25) is 5.88 Å². The van der Waals surface area contributed by atoms with E-state index in [0.29, 0.717) is 28.0 Å². The highest BCUT2D eigenvalue weighted by atomic mass is 79.9. The SMILES string of the molecule is CCc1cc(Br)ccc1-n1c(O)c(C=Nc2ccc(S(=O)(=O)Nc3ccccc3Br)cc2)c(=O)[nH]c1=O. The maximum Gasteiger partial charge on any atom is 0.335 e. The Labute approximate surface area is 228 Å². The van der Waals surface area contributed by atoms with Gasteiger partial charge in [0.25, 0.3) is 15.6 Å². The lowest BCUT2D eigenvalue weighted by Crippen LogP contribution is -2.31. The topological polar surface area (TPSA) is 134 Å². The lowest BCUT2D eigenvalue weighted by Gasteiger charge is -2.13. The summed E-state index contributed by atoms with van der Waals surface area (Å²) in [6.07, 6.45) is 1.70. The van der Waals surface area contributed by atoms with Crippen molar-refractivity contribution in [3.63, 3.8) is 0 Å². The average Bonchev–Trinajstić information content (AvgIpc) is 2.86. The molecule has 0 aliphatic carbocycles. The molecule has 190 valence electrons. The summed E-state index contributed by atoms with van der Waals surface area (Å²) in [6.45, 7) is 1.90. The third kappa shape index (κ3) is 5.76.